The number of ether oxygens (including phenoxy) is 2. The topological polar surface area (TPSA) is 42.0 Å². The van der Waals surface area contributed by atoms with Crippen LogP contribution in [0.5, 0.6) is 0 Å². The highest BCUT2D eigenvalue weighted by molar-refractivity contribution is 5.81. The summed E-state index contributed by atoms with van der Waals surface area (Å²) in [5.41, 5.74) is 2.29. The number of nitrogens with zero attached hydrogens (tertiary/aromatic N) is 2. The van der Waals surface area contributed by atoms with Gasteiger partial charge in [0.2, 0.25) is 0 Å². The monoisotopic (exact) mass is 344 g/mol. The second-order valence-electron chi connectivity index (χ2n) is 7.66. The summed E-state index contributed by atoms with van der Waals surface area (Å²) in [5.74, 6) is 0.160. The maximum absolute atomic E-state index is 12.8. The molecule has 3 fully saturated rings. The number of anilines is 1. The highest BCUT2D eigenvalue weighted by Crippen LogP contribution is 2.32. The summed E-state index contributed by atoms with van der Waals surface area (Å²) in [5, 5.41) is 0. The van der Waals surface area contributed by atoms with Gasteiger partial charge in [0.25, 0.3) is 5.91 Å². The maximum Gasteiger partial charge on any atom is 0.251 e. The molecule has 0 saturated carbocycles. The standard InChI is InChI=1S/C20H28N2O3/c1-16-5-2-6-17(13-16)21-9-4-8-20(14-21)15-22(10-12-25-20)19(23)18-7-3-11-24-18/h2,5-6,13,18H,3-4,7-12,14-15H2,1H3/t18-,20+/m1/s1. The zero-order valence-corrected chi connectivity index (χ0v) is 15.1. The number of carbonyl (C=O) groups is 1. The van der Waals surface area contributed by atoms with E-state index in [0.717, 1.165) is 38.8 Å². The third-order valence-electron chi connectivity index (χ3n) is 5.67. The highest BCUT2D eigenvalue weighted by atomic mass is 16.5. The lowest BCUT2D eigenvalue weighted by Crippen LogP contribution is -2.61. The van der Waals surface area contributed by atoms with E-state index in [4.69, 9.17) is 9.47 Å². The Morgan fingerprint density at radius 2 is 2.12 bits per heavy atom. The molecule has 0 unspecified atom stereocenters. The summed E-state index contributed by atoms with van der Waals surface area (Å²) in [7, 11) is 0. The largest absolute Gasteiger partial charge is 0.369 e. The van der Waals surface area contributed by atoms with Crippen LogP contribution < -0.4 is 4.90 Å². The molecule has 3 heterocycles. The molecule has 3 aliphatic heterocycles. The third kappa shape index (κ3) is 3.53. The van der Waals surface area contributed by atoms with Crippen molar-refractivity contribution in [2.75, 3.05) is 44.3 Å². The van der Waals surface area contributed by atoms with Gasteiger partial charge < -0.3 is 19.3 Å². The van der Waals surface area contributed by atoms with Gasteiger partial charge in [0.15, 0.2) is 0 Å². The molecule has 136 valence electrons. The highest BCUT2D eigenvalue weighted by Gasteiger charge is 2.43. The first-order valence-corrected chi connectivity index (χ1v) is 9.51. The van der Waals surface area contributed by atoms with Crippen molar-refractivity contribution in [3.05, 3.63) is 29.8 Å². The first-order valence-electron chi connectivity index (χ1n) is 9.51. The molecule has 1 amide bonds. The summed E-state index contributed by atoms with van der Waals surface area (Å²) in [4.78, 5) is 17.2. The van der Waals surface area contributed by atoms with Crippen molar-refractivity contribution in [3.8, 4) is 0 Å². The van der Waals surface area contributed by atoms with E-state index in [0.29, 0.717) is 26.3 Å². The molecule has 4 rings (SSSR count). The van der Waals surface area contributed by atoms with Crippen LogP contribution in [-0.2, 0) is 14.3 Å². The number of morpholine rings is 1. The van der Waals surface area contributed by atoms with E-state index in [1.165, 1.54) is 11.3 Å². The number of benzene rings is 1. The van der Waals surface area contributed by atoms with Crippen molar-refractivity contribution in [1.29, 1.82) is 0 Å². The van der Waals surface area contributed by atoms with Crippen molar-refractivity contribution >= 4 is 11.6 Å². The van der Waals surface area contributed by atoms with Crippen LogP contribution in [0.3, 0.4) is 0 Å². The van der Waals surface area contributed by atoms with Crippen LogP contribution in [0.1, 0.15) is 31.2 Å². The fourth-order valence-electron chi connectivity index (χ4n) is 4.40. The van der Waals surface area contributed by atoms with Gasteiger partial charge in [-0.3, -0.25) is 4.79 Å². The first kappa shape index (κ1) is 16.9. The van der Waals surface area contributed by atoms with E-state index in [1.807, 2.05) is 4.90 Å². The number of rotatable bonds is 2. The zero-order chi connectivity index (χ0) is 17.3. The van der Waals surface area contributed by atoms with Crippen LogP contribution >= 0.6 is 0 Å². The molecule has 1 aromatic rings. The number of amides is 1. The van der Waals surface area contributed by atoms with E-state index in [-0.39, 0.29) is 17.6 Å². The molecule has 0 bridgehead atoms. The van der Waals surface area contributed by atoms with Crippen LogP contribution in [-0.4, -0.2) is 61.9 Å². The lowest BCUT2D eigenvalue weighted by molar-refractivity contribution is -0.160. The Labute approximate surface area is 149 Å². The molecule has 0 aromatic heterocycles. The molecular formula is C20H28N2O3. The second kappa shape index (κ2) is 6.96. The molecular weight excluding hydrogens is 316 g/mol. The summed E-state index contributed by atoms with van der Waals surface area (Å²) in [6.07, 6.45) is 3.73. The van der Waals surface area contributed by atoms with Crippen molar-refractivity contribution in [2.24, 2.45) is 0 Å². The van der Waals surface area contributed by atoms with Gasteiger partial charge in [-0.1, -0.05) is 12.1 Å². The number of aryl methyl sites for hydroxylation is 1. The Morgan fingerprint density at radius 1 is 1.20 bits per heavy atom. The predicted octanol–water partition coefficient (Wildman–Crippen LogP) is 2.37. The lowest BCUT2D eigenvalue weighted by atomic mass is 9.90. The van der Waals surface area contributed by atoms with E-state index in [2.05, 4.69) is 36.1 Å². The summed E-state index contributed by atoms with van der Waals surface area (Å²) in [6.45, 7) is 6.74. The fraction of sp³-hybridized carbons (Fsp3) is 0.650. The maximum atomic E-state index is 12.8. The molecule has 0 N–H and O–H groups in total. The van der Waals surface area contributed by atoms with Crippen LogP contribution in [0.15, 0.2) is 24.3 Å². The normalized spacial score (nSPS) is 30.0. The summed E-state index contributed by atoms with van der Waals surface area (Å²) < 4.78 is 11.9. The number of hydrogen-bond acceptors (Lipinski definition) is 4. The Hall–Kier alpha value is -1.59. The molecule has 5 heteroatoms. The summed E-state index contributed by atoms with van der Waals surface area (Å²) in [6, 6.07) is 8.64. The van der Waals surface area contributed by atoms with Gasteiger partial charge in [0.05, 0.1) is 13.2 Å². The van der Waals surface area contributed by atoms with Crippen LogP contribution in [0, 0.1) is 6.92 Å². The molecule has 3 aliphatic rings. The smallest absolute Gasteiger partial charge is 0.251 e. The minimum atomic E-state index is -0.242. The van der Waals surface area contributed by atoms with E-state index in [9.17, 15) is 4.79 Å². The van der Waals surface area contributed by atoms with E-state index < -0.39 is 0 Å². The Bertz CT molecular complexity index is 625. The minimum Gasteiger partial charge on any atom is -0.369 e. The van der Waals surface area contributed by atoms with Gasteiger partial charge in [-0.25, -0.2) is 0 Å². The van der Waals surface area contributed by atoms with Crippen molar-refractivity contribution < 1.29 is 14.3 Å². The van der Waals surface area contributed by atoms with Gasteiger partial charge in [-0.2, -0.15) is 0 Å². The van der Waals surface area contributed by atoms with Gasteiger partial charge in [-0.05, 0) is 50.3 Å². The average Bonchev–Trinajstić information content (AvgIpc) is 3.16. The van der Waals surface area contributed by atoms with Crippen LogP contribution in [0.2, 0.25) is 0 Å². The predicted molar refractivity (Wildman–Crippen MR) is 96.9 cm³/mol. The van der Waals surface area contributed by atoms with Gasteiger partial charge in [0.1, 0.15) is 11.7 Å². The number of piperidine rings is 1. The molecule has 0 aliphatic carbocycles. The van der Waals surface area contributed by atoms with Crippen LogP contribution in [0.4, 0.5) is 5.69 Å². The molecule has 2 atom stereocenters. The molecule has 5 nitrogen and oxygen atoms in total. The lowest BCUT2D eigenvalue weighted by Gasteiger charge is -2.49. The number of carbonyl (C=O) groups excluding carboxylic acids is 1. The van der Waals surface area contributed by atoms with Gasteiger partial charge >= 0.3 is 0 Å². The summed E-state index contributed by atoms with van der Waals surface area (Å²) >= 11 is 0. The average molecular weight is 344 g/mol. The van der Waals surface area contributed by atoms with Gasteiger partial charge in [-0.15, -0.1) is 0 Å². The molecule has 1 spiro atoms. The third-order valence-corrected chi connectivity index (χ3v) is 5.67. The quantitative estimate of drug-likeness (QED) is 0.826. The van der Waals surface area contributed by atoms with Crippen molar-refractivity contribution in [1.82, 2.24) is 4.90 Å². The number of hydrogen-bond donors (Lipinski definition) is 0. The SMILES string of the molecule is Cc1cccc(N2CCC[C@@]3(CN(C(=O)[C@H]4CCCO4)CCO3)C2)c1. The Kier molecular flexibility index (Phi) is 4.69. The Morgan fingerprint density at radius 3 is 2.92 bits per heavy atom. The molecule has 25 heavy (non-hydrogen) atoms. The van der Waals surface area contributed by atoms with Crippen LogP contribution in [0.25, 0.3) is 0 Å². The molecule has 3 saturated heterocycles. The van der Waals surface area contributed by atoms with Crippen molar-refractivity contribution in [3.63, 3.8) is 0 Å². The molecule has 1 aromatic carbocycles. The van der Waals surface area contributed by atoms with E-state index >= 15 is 0 Å². The van der Waals surface area contributed by atoms with Gasteiger partial charge in [0, 0.05) is 31.9 Å². The fourth-order valence-corrected chi connectivity index (χ4v) is 4.40. The van der Waals surface area contributed by atoms with E-state index in [1.54, 1.807) is 0 Å². The molecule has 0 radical (unpaired) electrons. The first-order chi connectivity index (χ1) is 12.2. The minimum absolute atomic E-state index is 0.160. The second-order valence-corrected chi connectivity index (χ2v) is 7.66. The van der Waals surface area contributed by atoms with Crippen molar-refractivity contribution in [2.45, 2.75) is 44.3 Å². The Balaban J connectivity index is 1.47. The zero-order valence-electron chi connectivity index (χ0n) is 15.1.